The average Bonchev–Trinajstić information content (AvgIpc) is 2.96. The van der Waals surface area contributed by atoms with Crippen molar-refractivity contribution >= 4 is 5.69 Å². The number of nitrogens with one attached hydrogen (secondary N) is 1. The summed E-state index contributed by atoms with van der Waals surface area (Å²) >= 11 is 0. The highest BCUT2D eigenvalue weighted by molar-refractivity contribution is 5.56. The maximum atomic E-state index is 8.94. The first-order valence-corrected chi connectivity index (χ1v) is 6.63. The third-order valence-corrected chi connectivity index (χ3v) is 3.32. The first-order valence-electron chi connectivity index (χ1n) is 6.63. The van der Waals surface area contributed by atoms with Crippen LogP contribution in [0.1, 0.15) is 36.8 Å². The second-order valence-electron chi connectivity index (χ2n) is 4.69. The molecule has 4 heteroatoms. The van der Waals surface area contributed by atoms with Crippen LogP contribution in [0, 0.1) is 22.7 Å². The molecule has 0 amide bonds. The van der Waals surface area contributed by atoms with Crippen LogP contribution in [0.2, 0.25) is 0 Å². The fourth-order valence-electron chi connectivity index (χ4n) is 2.28. The largest absolute Gasteiger partial charge is 0.385 e. The van der Waals surface area contributed by atoms with Crippen LogP contribution in [-0.4, -0.2) is 19.3 Å². The second-order valence-corrected chi connectivity index (χ2v) is 4.69. The fourth-order valence-corrected chi connectivity index (χ4v) is 2.28. The van der Waals surface area contributed by atoms with E-state index < -0.39 is 0 Å². The summed E-state index contributed by atoms with van der Waals surface area (Å²) in [6.07, 6.45) is 4.91. The molecule has 0 aliphatic carbocycles. The standard InChI is InChI=1S/C15H17N3O/c16-10-12-5-6-14(9-13(12)11-17)18-7-1-3-15-4-2-8-19-15/h5-6,9,15,18H,1-4,7-8H2. The molecule has 1 fully saturated rings. The van der Waals surface area contributed by atoms with Crippen molar-refractivity contribution in [1.82, 2.24) is 0 Å². The van der Waals surface area contributed by atoms with Gasteiger partial charge in [0.1, 0.15) is 12.1 Å². The lowest BCUT2D eigenvalue weighted by atomic mass is 10.1. The van der Waals surface area contributed by atoms with Crippen molar-refractivity contribution in [2.24, 2.45) is 0 Å². The van der Waals surface area contributed by atoms with E-state index in [4.69, 9.17) is 15.3 Å². The lowest BCUT2D eigenvalue weighted by molar-refractivity contribution is 0.103. The molecule has 0 radical (unpaired) electrons. The van der Waals surface area contributed by atoms with Crippen molar-refractivity contribution in [3.05, 3.63) is 29.3 Å². The van der Waals surface area contributed by atoms with Gasteiger partial charge in [0.05, 0.1) is 17.2 Å². The monoisotopic (exact) mass is 255 g/mol. The van der Waals surface area contributed by atoms with E-state index in [9.17, 15) is 0 Å². The molecule has 0 spiro atoms. The number of hydrogen-bond donors (Lipinski definition) is 1. The lowest BCUT2D eigenvalue weighted by Crippen LogP contribution is -2.09. The summed E-state index contributed by atoms with van der Waals surface area (Å²) in [7, 11) is 0. The first kappa shape index (κ1) is 13.4. The SMILES string of the molecule is N#Cc1ccc(NCCCC2CCCO2)cc1C#N. The van der Waals surface area contributed by atoms with Gasteiger partial charge in [0.2, 0.25) is 0 Å². The van der Waals surface area contributed by atoms with E-state index in [1.807, 2.05) is 18.2 Å². The summed E-state index contributed by atoms with van der Waals surface area (Å²) in [6.45, 7) is 1.76. The number of nitriles is 2. The normalized spacial score (nSPS) is 17.7. The minimum absolute atomic E-state index is 0.423. The summed E-state index contributed by atoms with van der Waals surface area (Å²) in [5.41, 5.74) is 1.74. The first-order chi connectivity index (χ1) is 9.33. The zero-order chi connectivity index (χ0) is 13.5. The maximum absolute atomic E-state index is 8.94. The van der Waals surface area contributed by atoms with E-state index in [1.54, 1.807) is 12.1 Å². The summed E-state index contributed by atoms with van der Waals surface area (Å²) < 4.78 is 5.57. The van der Waals surface area contributed by atoms with Gasteiger partial charge in [-0.25, -0.2) is 0 Å². The van der Waals surface area contributed by atoms with Gasteiger partial charge in [-0.1, -0.05) is 0 Å². The highest BCUT2D eigenvalue weighted by Crippen LogP contribution is 2.18. The predicted molar refractivity (Wildman–Crippen MR) is 72.6 cm³/mol. The van der Waals surface area contributed by atoms with Crippen LogP contribution in [0.15, 0.2) is 18.2 Å². The summed E-state index contributed by atoms with van der Waals surface area (Å²) in [5.74, 6) is 0. The van der Waals surface area contributed by atoms with Crippen molar-refractivity contribution < 1.29 is 4.74 Å². The molecule has 1 aromatic rings. The van der Waals surface area contributed by atoms with E-state index in [0.29, 0.717) is 17.2 Å². The van der Waals surface area contributed by atoms with Gasteiger partial charge in [-0.15, -0.1) is 0 Å². The van der Waals surface area contributed by atoms with Gasteiger partial charge in [0.15, 0.2) is 0 Å². The Bertz CT molecular complexity index is 507. The van der Waals surface area contributed by atoms with Crippen molar-refractivity contribution in [3.63, 3.8) is 0 Å². The van der Waals surface area contributed by atoms with E-state index >= 15 is 0 Å². The zero-order valence-electron chi connectivity index (χ0n) is 10.9. The summed E-state index contributed by atoms with van der Waals surface area (Å²) in [6, 6.07) is 9.30. The number of ether oxygens (including phenoxy) is 1. The van der Waals surface area contributed by atoms with Crippen molar-refractivity contribution in [1.29, 1.82) is 10.5 Å². The van der Waals surface area contributed by atoms with Crippen LogP contribution >= 0.6 is 0 Å². The van der Waals surface area contributed by atoms with Gasteiger partial charge >= 0.3 is 0 Å². The molecule has 1 aliphatic rings. The number of anilines is 1. The Balaban J connectivity index is 1.79. The van der Waals surface area contributed by atoms with E-state index in [1.165, 1.54) is 12.8 Å². The van der Waals surface area contributed by atoms with Crippen LogP contribution < -0.4 is 5.32 Å². The Hall–Kier alpha value is -2.04. The molecule has 4 nitrogen and oxygen atoms in total. The molecular weight excluding hydrogens is 238 g/mol. The Morgan fingerprint density at radius 2 is 2.11 bits per heavy atom. The minimum Gasteiger partial charge on any atom is -0.385 e. The lowest BCUT2D eigenvalue weighted by Gasteiger charge is -2.10. The van der Waals surface area contributed by atoms with Gasteiger partial charge in [-0.3, -0.25) is 0 Å². The Kier molecular flexibility index (Phi) is 4.78. The Labute approximate surface area is 113 Å². The van der Waals surface area contributed by atoms with Gasteiger partial charge in [-0.05, 0) is 43.9 Å². The molecule has 1 aromatic carbocycles. The average molecular weight is 255 g/mol. The van der Waals surface area contributed by atoms with Crippen LogP contribution in [-0.2, 0) is 4.74 Å². The summed E-state index contributed by atoms with van der Waals surface area (Å²) in [4.78, 5) is 0. The molecule has 1 unspecified atom stereocenters. The van der Waals surface area contributed by atoms with Crippen LogP contribution in [0.25, 0.3) is 0 Å². The predicted octanol–water partition coefficient (Wildman–Crippen LogP) is 2.80. The van der Waals surface area contributed by atoms with Gasteiger partial charge in [0.25, 0.3) is 0 Å². The third kappa shape index (κ3) is 3.71. The smallest absolute Gasteiger partial charge is 0.101 e. The molecule has 1 saturated heterocycles. The highest BCUT2D eigenvalue weighted by atomic mass is 16.5. The van der Waals surface area contributed by atoms with Gasteiger partial charge in [-0.2, -0.15) is 10.5 Å². The molecule has 19 heavy (non-hydrogen) atoms. The molecule has 2 rings (SSSR count). The maximum Gasteiger partial charge on any atom is 0.101 e. The minimum atomic E-state index is 0.423. The number of hydrogen-bond acceptors (Lipinski definition) is 4. The van der Waals surface area contributed by atoms with Crippen LogP contribution in [0.3, 0.4) is 0 Å². The van der Waals surface area contributed by atoms with Crippen molar-refractivity contribution in [2.75, 3.05) is 18.5 Å². The number of benzene rings is 1. The molecular formula is C15H17N3O. The van der Waals surface area contributed by atoms with E-state index in [-0.39, 0.29) is 0 Å². The molecule has 1 atom stereocenters. The highest BCUT2D eigenvalue weighted by Gasteiger charge is 2.14. The topological polar surface area (TPSA) is 68.8 Å². The van der Waals surface area contributed by atoms with Gasteiger partial charge < -0.3 is 10.1 Å². The number of nitrogens with zero attached hydrogens (tertiary/aromatic N) is 2. The molecule has 0 saturated carbocycles. The number of rotatable bonds is 5. The Morgan fingerprint density at radius 1 is 1.26 bits per heavy atom. The molecule has 1 heterocycles. The van der Waals surface area contributed by atoms with Crippen molar-refractivity contribution in [2.45, 2.75) is 31.8 Å². The summed E-state index contributed by atoms with van der Waals surface area (Å²) in [5, 5.41) is 21.1. The van der Waals surface area contributed by atoms with Crippen LogP contribution in [0.4, 0.5) is 5.69 Å². The van der Waals surface area contributed by atoms with Crippen molar-refractivity contribution in [3.8, 4) is 12.1 Å². The van der Waals surface area contributed by atoms with E-state index in [0.717, 1.165) is 31.7 Å². The molecule has 98 valence electrons. The molecule has 0 bridgehead atoms. The van der Waals surface area contributed by atoms with Gasteiger partial charge in [0, 0.05) is 18.8 Å². The molecule has 1 N–H and O–H groups in total. The molecule has 1 aliphatic heterocycles. The Morgan fingerprint density at radius 3 is 2.79 bits per heavy atom. The molecule has 0 aromatic heterocycles. The van der Waals surface area contributed by atoms with Crippen LogP contribution in [0.5, 0.6) is 0 Å². The third-order valence-electron chi connectivity index (χ3n) is 3.32. The zero-order valence-corrected chi connectivity index (χ0v) is 10.9. The quantitative estimate of drug-likeness (QED) is 0.821. The van der Waals surface area contributed by atoms with E-state index in [2.05, 4.69) is 5.32 Å². The second kappa shape index (κ2) is 6.78. The fraction of sp³-hybridized carbons (Fsp3) is 0.467.